The summed E-state index contributed by atoms with van der Waals surface area (Å²) in [7, 11) is 0. The van der Waals surface area contributed by atoms with Gasteiger partial charge in [-0.3, -0.25) is 24.6 Å². The Balaban J connectivity index is 1.07. The fourth-order valence-electron chi connectivity index (χ4n) is 6.57. The second kappa shape index (κ2) is 8.42. The molecule has 1 spiro atoms. The number of hydrogen-bond acceptors (Lipinski definition) is 5. The monoisotopic (exact) mass is 495 g/mol. The Bertz CT molecular complexity index is 1460. The van der Waals surface area contributed by atoms with Gasteiger partial charge >= 0.3 is 0 Å². The van der Waals surface area contributed by atoms with Gasteiger partial charge in [0.1, 0.15) is 11.8 Å². The molecule has 0 bridgehead atoms. The van der Waals surface area contributed by atoms with E-state index in [0.29, 0.717) is 25.1 Å². The number of likely N-dealkylation sites (tertiary alicyclic amines) is 1. The average molecular weight is 496 g/mol. The van der Waals surface area contributed by atoms with E-state index in [1.807, 2.05) is 6.07 Å². The van der Waals surface area contributed by atoms with E-state index in [2.05, 4.69) is 58.7 Å². The molecule has 4 heterocycles. The van der Waals surface area contributed by atoms with Crippen LogP contribution >= 0.6 is 0 Å². The van der Waals surface area contributed by atoms with E-state index < -0.39 is 6.04 Å². The third-order valence-electron chi connectivity index (χ3n) is 8.73. The van der Waals surface area contributed by atoms with Crippen LogP contribution in [0, 0.1) is 0 Å². The van der Waals surface area contributed by atoms with Crippen molar-refractivity contribution in [2.45, 2.75) is 50.2 Å². The Labute approximate surface area is 215 Å². The van der Waals surface area contributed by atoms with Gasteiger partial charge in [-0.05, 0) is 72.5 Å². The van der Waals surface area contributed by atoms with Crippen LogP contribution in [0.25, 0.3) is 10.8 Å². The molecule has 1 N–H and O–H groups in total. The minimum atomic E-state index is -0.597. The van der Waals surface area contributed by atoms with Gasteiger partial charge in [-0.2, -0.15) is 0 Å². The summed E-state index contributed by atoms with van der Waals surface area (Å²) in [6.45, 7) is 3.98. The molecular formula is C30H29N3O4. The zero-order chi connectivity index (χ0) is 25.1. The second-order valence-corrected chi connectivity index (χ2v) is 10.9. The SMILES string of the molecule is O=C1CCC(N2Cc3cc4c(cc3C2=O)OCC42CCN(Cc3ccc4ccccc4c3)CC2)C(=O)N1. The molecule has 0 aliphatic carbocycles. The number of hydrogen-bond donors (Lipinski definition) is 1. The summed E-state index contributed by atoms with van der Waals surface area (Å²) < 4.78 is 6.17. The molecule has 0 saturated carbocycles. The van der Waals surface area contributed by atoms with E-state index in [1.54, 1.807) is 4.90 Å². The molecule has 3 aromatic carbocycles. The van der Waals surface area contributed by atoms with Crippen LogP contribution < -0.4 is 10.1 Å². The molecule has 1 unspecified atom stereocenters. The number of benzene rings is 3. The fourth-order valence-corrected chi connectivity index (χ4v) is 6.57. The lowest BCUT2D eigenvalue weighted by Crippen LogP contribution is -2.52. The molecule has 1 atom stereocenters. The molecule has 188 valence electrons. The van der Waals surface area contributed by atoms with Crippen molar-refractivity contribution in [2.75, 3.05) is 19.7 Å². The van der Waals surface area contributed by atoms with Crippen LogP contribution in [-0.2, 0) is 28.1 Å². The molecule has 37 heavy (non-hydrogen) atoms. The highest BCUT2D eigenvalue weighted by Gasteiger charge is 2.46. The van der Waals surface area contributed by atoms with Crippen LogP contribution in [0.3, 0.4) is 0 Å². The van der Waals surface area contributed by atoms with Crippen molar-refractivity contribution in [3.63, 3.8) is 0 Å². The first-order valence-electron chi connectivity index (χ1n) is 13.1. The van der Waals surface area contributed by atoms with Gasteiger partial charge in [0, 0.05) is 36.1 Å². The average Bonchev–Trinajstić information content (AvgIpc) is 3.41. The molecule has 7 heteroatoms. The summed E-state index contributed by atoms with van der Waals surface area (Å²) in [6.07, 6.45) is 2.65. The zero-order valence-corrected chi connectivity index (χ0v) is 20.7. The molecule has 7 nitrogen and oxygen atoms in total. The highest BCUT2D eigenvalue weighted by Crippen LogP contribution is 2.48. The first kappa shape index (κ1) is 22.5. The molecule has 4 aliphatic rings. The molecule has 3 amide bonds. The quantitative estimate of drug-likeness (QED) is 0.563. The molecule has 2 fully saturated rings. The van der Waals surface area contributed by atoms with E-state index in [9.17, 15) is 14.4 Å². The Morgan fingerprint density at radius 1 is 0.973 bits per heavy atom. The van der Waals surface area contributed by atoms with Crippen molar-refractivity contribution >= 4 is 28.5 Å². The minimum Gasteiger partial charge on any atom is -0.492 e. The number of imide groups is 1. The molecule has 0 aromatic heterocycles. The van der Waals surface area contributed by atoms with Crippen molar-refractivity contribution < 1.29 is 19.1 Å². The Morgan fingerprint density at radius 3 is 2.59 bits per heavy atom. The highest BCUT2D eigenvalue weighted by molar-refractivity contribution is 6.05. The smallest absolute Gasteiger partial charge is 0.255 e. The lowest BCUT2D eigenvalue weighted by Gasteiger charge is -2.38. The van der Waals surface area contributed by atoms with Crippen molar-refractivity contribution in [2.24, 2.45) is 0 Å². The number of ether oxygens (including phenoxy) is 1. The van der Waals surface area contributed by atoms with E-state index in [4.69, 9.17) is 4.74 Å². The summed E-state index contributed by atoms with van der Waals surface area (Å²) in [5.41, 5.74) is 4.08. The van der Waals surface area contributed by atoms with Gasteiger partial charge < -0.3 is 9.64 Å². The zero-order valence-electron chi connectivity index (χ0n) is 20.7. The maximum absolute atomic E-state index is 13.2. The topological polar surface area (TPSA) is 79.0 Å². The van der Waals surface area contributed by atoms with Crippen LogP contribution in [0.2, 0.25) is 0 Å². The van der Waals surface area contributed by atoms with Gasteiger partial charge in [0.05, 0.1) is 6.61 Å². The Hall–Kier alpha value is -3.71. The molecule has 4 aliphatic heterocycles. The molecule has 7 rings (SSSR count). The first-order valence-corrected chi connectivity index (χ1v) is 13.1. The molecule has 2 saturated heterocycles. The number of nitrogens with zero attached hydrogens (tertiary/aromatic N) is 2. The maximum Gasteiger partial charge on any atom is 0.255 e. The number of carbonyl (C=O) groups excluding carboxylic acids is 3. The fraction of sp³-hybridized carbons (Fsp3) is 0.367. The molecule has 3 aromatic rings. The van der Waals surface area contributed by atoms with Gasteiger partial charge in [0.15, 0.2) is 0 Å². The highest BCUT2D eigenvalue weighted by atomic mass is 16.5. The summed E-state index contributed by atoms with van der Waals surface area (Å²) in [5.74, 6) is 0.00500. The third kappa shape index (κ3) is 3.72. The van der Waals surface area contributed by atoms with Crippen LogP contribution in [0.4, 0.5) is 0 Å². The molecule has 0 radical (unpaired) electrons. The Morgan fingerprint density at radius 2 is 1.78 bits per heavy atom. The lowest BCUT2D eigenvalue weighted by atomic mass is 9.74. The van der Waals surface area contributed by atoms with Crippen LogP contribution in [0.5, 0.6) is 5.75 Å². The lowest BCUT2D eigenvalue weighted by molar-refractivity contribution is -0.136. The predicted octanol–water partition coefficient (Wildman–Crippen LogP) is 3.53. The van der Waals surface area contributed by atoms with E-state index in [1.165, 1.54) is 21.9 Å². The van der Waals surface area contributed by atoms with Gasteiger partial charge in [-0.1, -0.05) is 36.4 Å². The second-order valence-electron chi connectivity index (χ2n) is 10.9. The van der Waals surface area contributed by atoms with Crippen molar-refractivity contribution in [3.05, 3.63) is 76.9 Å². The van der Waals surface area contributed by atoms with Gasteiger partial charge in [-0.25, -0.2) is 0 Å². The number of nitrogens with one attached hydrogen (secondary N) is 1. The van der Waals surface area contributed by atoms with Gasteiger partial charge in [-0.15, -0.1) is 0 Å². The van der Waals surface area contributed by atoms with E-state index in [-0.39, 0.29) is 29.6 Å². The number of carbonyl (C=O) groups is 3. The van der Waals surface area contributed by atoms with Crippen molar-refractivity contribution in [1.82, 2.24) is 15.1 Å². The summed E-state index contributed by atoms with van der Waals surface area (Å²) in [4.78, 5) is 41.3. The standard InChI is InChI=1S/C30H29N3O4/c34-27-8-7-25(28(35)31-27)33-17-22-14-24-26(15-23(22)29(33)36)37-18-30(24)9-11-32(12-10-30)16-19-5-6-20-3-1-2-4-21(20)13-19/h1-6,13-15,25H,7-12,16-18H2,(H,31,34,35). The normalized spacial score (nSPS) is 22.8. The van der Waals surface area contributed by atoms with E-state index in [0.717, 1.165) is 43.8 Å². The summed E-state index contributed by atoms with van der Waals surface area (Å²) >= 11 is 0. The number of rotatable bonds is 3. The summed E-state index contributed by atoms with van der Waals surface area (Å²) in [5, 5.41) is 4.92. The molecular weight excluding hydrogens is 466 g/mol. The first-order chi connectivity index (χ1) is 18.0. The van der Waals surface area contributed by atoms with Crippen LogP contribution in [-0.4, -0.2) is 53.3 Å². The number of piperidine rings is 2. The van der Waals surface area contributed by atoms with E-state index >= 15 is 0 Å². The number of fused-ring (bicyclic) bond motifs is 4. The Kier molecular flexibility index (Phi) is 5.11. The third-order valence-corrected chi connectivity index (χ3v) is 8.73. The van der Waals surface area contributed by atoms with Crippen LogP contribution in [0.15, 0.2) is 54.6 Å². The van der Waals surface area contributed by atoms with Crippen LogP contribution in [0.1, 0.15) is 52.7 Å². The summed E-state index contributed by atoms with van der Waals surface area (Å²) in [6, 6.07) is 18.6. The van der Waals surface area contributed by atoms with Gasteiger partial charge in [0.25, 0.3) is 5.91 Å². The minimum absolute atomic E-state index is 0.0324. The largest absolute Gasteiger partial charge is 0.492 e. The maximum atomic E-state index is 13.2. The number of amides is 3. The van der Waals surface area contributed by atoms with Gasteiger partial charge in [0.2, 0.25) is 11.8 Å². The predicted molar refractivity (Wildman–Crippen MR) is 138 cm³/mol. The van der Waals surface area contributed by atoms with Crippen molar-refractivity contribution in [3.8, 4) is 5.75 Å². The van der Waals surface area contributed by atoms with Crippen molar-refractivity contribution in [1.29, 1.82) is 0 Å².